The average Bonchev–Trinajstić information content (AvgIpc) is 3.57. The van der Waals surface area contributed by atoms with E-state index in [9.17, 15) is 4.79 Å². The van der Waals surface area contributed by atoms with Gasteiger partial charge in [0.15, 0.2) is 0 Å². The first kappa shape index (κ1) is 31.3. The number of rotatable bonds is 20. The Labute approximate surface area is 249 Å². The zero-order valence-corrected chi connectivity index (χ0v) is 26.1. The standard InChI is InChI=1S/C37H55N3O/c1-3-5-7-8-9-10-11-12-13-14-15-16-17-20-28-39-35-23-19-18-22-34(35)38-37(39)32-29-36(41)40(30-32)33-26-24-31(25-27-33)21-6-4-2/h18-19,22-27,32H,3-17,20-21,28-30H2,1-2H3. The third-order valence-electron chi connectivity index (χ3n) is 8.98. The maximum absolute atomic E-state index is 13.1. The summed E-state index contributed by atoms with van der Waals surface area (Å²) in [6, 6.07) is 17.1. The second-order valence-electron chi connectivity index (χ2n) is 12.4. The summed E-state index contributed by atoms with van der Waals surface area (Å²) in [4.78, 5) is 20.2. The number of aryl methyl sites for hydroxylation is 2. The van der Waals surface area contributed by atoms with Crippen molar-refractivity contribution in [2.75, 3.05) is 11.4 Å². The number of hydrogen-bond acceptors (Lipinski definition) is 2. The maximum Gasteiger partial charge on any atom is 0.227 e. The van der Waals surface area contributed by atoms with Gasteiger partial charge in [-0.15, -0.1) is 0 Å². The molecule has 0 saturated carbocycles. The third kappa shape index (κ3) is 9.45. The van der Waals surface area contributed by atoms with E-state index in [0.29, 0.717) is 6.42 Å². The predicted molar refractivity (Wildman–Crippen MR) is 175 cm³/mol. The highest BCUT2D eigenvalue weighted by Crippen LogP contribution is 2.33. The lowest BCUT2D eigenvalue weighted by molar-refractivity contribution is -0.117. The van der Waals surface area contributed by atoms with E-state index in [-0.39, 0.29) is 11.8 Å². The van der Waals surface area contributed by atoms with Gasteiger partial charge in [-0.3, -0.25) is 4.79 Å². The zero-order valence-electron chi connectivity index (χ0n) is 26.1. The molecule has 1 aromatic heterocycles. The van der Waals surface area contributed by atoms with Crippen molar-refractivity contribution in [3.8, 4) is 0 Å². The largest absolute Gasteiger partial charge is 0.328 e. The van der Waals surface area contributed by atoms with Gasteiger partial charge in [0.2, 0.25) is 5.91 Å². The summed E-state index contributed by atoms with van der Waals surface area (Å²) in [6.07, 6.45) is 23.3. The highest BCUT2D eigenvalue weighted by atomic mass is 16.2. The molecular weight excluding hydrogens is 502 g/mol. The van der Waals surface area contributed by atoms with Gasteiger partial charge >= 0.3 is 0 Å². The topological polar surface area (TPSA) is 38.1 Å². The summed E-state index contributed by atoms with van der Waals surface area (Å²) < 4.78 is 2.42. The molecule has 4 heteroatoms. The minimum absolute atomic E-state index is 0.140. The molecule has 4 rings (SSSR count). The van der Waals surface area contributed by atoms with Gasteiger partial charge in [-0.05, 0) is 49.1 Å². The molecule has 0 aliphatic carbocycles. The van der Waals surface area contributed by atoms with E-state index < -0.39 is 0 Å². The Morgan fingerprint density at radius 2 is 1.29 bits per heavy atom. The molecule has 0 radical (unpaired) electrons. The molecule has 0 bridgehead atoms. The number of anilines is 1. The van der Waals surface area contributed by atoms with Crippen molar-refractivity contribution >= 4 is 22.6 Å². The van der Waals surface area contributed by atoms with Crippen molar-refractivity contribution < 1.29 is 4.79 Å². The number of para-hydroxylation sites is 2. The summed E-state index contributed by atoms with van der Waals surface area (Å²) in [5, 5.41) is 0. The molecule has 1 fully saturated rings. The first-order chi connectivity index (χ1) is 20.2. The molecule has 2 heterocycles. The van der Waals surface area contributed by atoms with E-state index in [4.69, 9.17) is 4.98 Å². The van der Waals surface area contributed by atoms with Crippen LogP contribution in [0.2, 0.25) is 0 Å². The molecule has 1 aliphatic heterocycles. The molecular formula is C37H55N3O. The third-order valence-corrected chi connectivity index (χ3v) is 8.98. The minimum atomic E-state index is 0.140. The molecule has 0 spiro atoms. The van der Waals surface area contributed by atoms with E-state index in [1.807, 2.05) is 4.90 Å². The number of benzene rings is 2. The summed E-state index contributed by atoms with van der Waals surface area (Å²) in [7, 11) is 0. The molecule has 1 amide bonds. The van der Waals surface area contributed by atoms with E-state index in [1.54, 1.807) is 0 Å². The Morgan fingerprint density at radius 1 is 0.707 bits per heavy atom. The first-order valence-electron chi connectivity index (χ1n) is 17.1. The van der Waals surface area contributed by atoms with Crippen LogP contribution in [0.5, 0.6) is 0 Å². The van der Waals surface area contributed by atoms with Crippen molar-refractivity contribution in [2.24, 2.45) is 0 Å². The molecule has 41 heavy (non-hydrogen) atoms. The van der Waals surface area contributed by atoms with E-state index in [0.717, 1.165) is 36.5 Å². The van der Waals surface area contributed by atoms with Crippen molar-refractivity contribution in [2.45, 2.75) is 142 Å². The van der Waals surface area contributed by atoms with E-state index in [1.165, 1.54) is 114 Å². The highest BCUT2D eigenvalue weighted by molar-refractivity contribution is 5.96. The van der Waals surface area contributed by atoms with Crippen LogP contribution in [0.4, 0.5) is 5.69 Å². The number of carbonyl (C=O) groups is 1. The Morgan fingerprint density at radius 3 is 1.93 bits per heavy atom. The fourth-order valence-electron chi connectivity index (χ4n) is 6.46. The molecule has 2 aromatic carbocycles. The van der Waals surface area contributed by atoms with Crippen molar-refractivity contribution in [3.63, 3.8) is 0 Å². The Hall–Kier alpha value is -2.62. The lowest BCUT2D eigenvalue weighted by Gasteiger charge is -2.18. The van der Waals surface area contributed by atoms with Crippen molar-refractivity contribution in [1.82, 2.24) is 9.55 Å². The molecule has 1 unspecified atom stereocenters. The van der Waals surface area contributed by atoms with Gasteiger partial charge in [-0.1, -0.05) is 128 Å². The smallest absolute Gasteiger partial charge is 0.227 e. The second kappa shape index (κ2) is 17.4. The highest BCUT2D eigenvalue weighted by Gasteiger charge is 2.34. The normalized spacial score (nSPS) is 15.4. The summed E-state index contributed by atoms with van der Waals surface area (Å²) in [5.74, 6) is 1.45. The minimum Gasteiger partial charge on any atom is -0.328 e. The summed E-state index contributed by atoms with van der Waals surface area (Å²) in [5.41, 5.74) is 4.64. The Bertz CT molecular complexity index is 1160. The van der Waals surface area contributed by atoms with Gasteiger partial charge in [-0.2, -0.15) is 0 Å². The van der Waals surface area contributed by atoms with Crippen LogP contribution in [0.25, 0.3) is 11.0 Å². The first-order valence-corrected chi connectivity index (χ1v) is 17.1. The number of fused-ring (bicyclic) bond motifs is 1. The van der Waals surface area contributed by atoms with Crippen LogP contribution < -0.4 is 4.90 Å². The van der Waals surface area contributed by atoms with Gasteiger partial charge in [0, 0.05) is 31.1 Å². The zero-order chi connectivity index (χ0) is 28.7. The monoisotopic (exact) mass is 557 g/mol. The van der Waals surface area contributed by atoms with E-state index in [2.05, 4.69) is 66.9 Å². The molecule has 0 N–H and O–H groups in total. The van der Waals surface area contributed by atoms with Crippen LogP contribution >= 0.6 is 0 Å². The number of unbranched alkanes of at least 4 members (excludes halogenated alkanes) is 14. The fraction of sp³-hybridized carbons (Fsp3) is 0.622. The molecule has 1 saturated heterocycles. The van der Waals surface area contributed by atoms with Gasteiger partial charge in [0.25, 0.3) is 0 Å². The van der Waals surface area contributed by atoms with Gasteiger partial charge in [-0.25, -0.2) is 4.98 Å². The Balaban J connectivity index is 1.23. The lowest BCUT2D eigenvalue weighted by Crippen LogP contribution is -2.24. The number of carbonyl (C=O) groups excluding carboxylic acids is 1. The maximum atomic E-state index is 13.1. The van der Waals surface area contributed by atoms with Crippen LogP contribution in [0.15, 0.2) is 48.5 Å². The number of hydrogen-bond donors (Lipinski definition) is 0. The van der Waals surface area contributed by atoms with Crippen molar-refractivity contribution in [3.05, 3.63) is 59.9 Å². The van der Waals surface area contributed by atoms with Crippen LogP contribution in [-0.2, 0) is 17.8 Å². The Kier molecular flexibility index (Phi) is 13.3. The molecule has 4 nitrogen and oxygen atoms in total. The van der Waals surface area contributed by atoms with Crippen LogP contribution in [-0.4, -0.2) is 22.0 Å². The van der Waals surface area contributed by atoms with Crippen LogP contribution in [0.1, 0.15) is 140 Å². The predicted octanol–water partition coefficient (Wildman–Crippen LogP) is 10.4. The summed E-state index contributed by atoms with van der Waals surface area (Å²) in [6.45, 7) is 6.22. The molecule has 1 aliphatic rings. The number of imidazole rings is 1. The molecule has 224 valence electrons. The van der Waals surface area contributed by atoms with Gasteiger partial charge in [0.1, 0.15) is 5.82 Å². The van der Waals surface area contributed by atoms with Gasteiger partial charge < -0.3 is 9.47 Å². The lowest BCUT2D eigenvalue weighted by atomic mass is 10.0. The SMILES string of the molecule is CCCCCCCCCCCCCCCCn1c(C2CC(=O)N(c3ccc(CCCC)cc3)C2)nc2ccccc21. The number of amides is 1. The molecule has 1 atom stereocenters. The van der Waals surface area contributed by atoms with Crippen LogP contribution in [0, 0.1) is 0 Å². The molecule has 3 aromatic rings. The average molecular weight is 558 g/mol. The van der Waals surface area contributed by atoms with E-state index >= 15 is 0 Å². The summed E-state index contributed by atoms with van der Waals surface area (Å²) >= 11 is 0. The fourth-order valence-corrected chi connectivity index (χ4v) is 6.46. The second-order valence-corrected chi connectivity index (χ2v) is 12.4. The van der Waals surface area contributed by atoms with Crippen molar-refractivity contribution in [1.29, 1.82) is 0 Å². The quantitative estimate of drug-likeness (QED) is 0.130. The van der Waals surface area contributed by atoms with Gasteiger partial charge in [0.05, 0.1) is 11.0 Å². The van der Waals surface area contributed by atoms with Crippen LogP contribution in [0.3, 0.4) is 0 Å². The number of nitrogens with zero attached hydrogens (tertiary/aromatic N) is 3. The number of aromatic nitrogens is 2.